The molecule has 6 nitrogen and oxygen atoms in total. The molecular weight excluding hydrogens is 394 g/mol. The number of ether oxygens (including phenoxy) is 4. The van der Waals surface area contributed by atoms with Crippen LogP contribution < -0.4 is 18.9 Å². The molecule has 0 aliphatic carbocycles. The van der Waals surface area contributed by atoms with Crippen LogP contribution in [0, 0.1) is 11.3 Å². The number of rotatable bonds is 7. The van der Waals surface area contributed by atoms with Crippen molar-refractivity contribution in [3.05, 3.63) is 83.4 Å². The van der Waals surface area contributed by atoms with E-state index in [2.05, 4.69) is 6.07 Å². The third-order valence-electron chi connectivity index (χ3n) is 4.53. The maximum Gasteiger partial charge on any atom is 0.343 e. The molecule has 0 heterocycles. The summed E-state index contributed by atoms with van der Waals surface area (Å²) >= 11 is 0. The molecule has 0 saturated heterocycles. The highest BCUT2D eigenvalue weighted by molar-refractivity contribution is 5.93. The molecule has 0 amide bonds. The summed E-state index contributed by atoms with van der Waals surface area (Å²) in [5.41, 5.74) is 2.37. The Hall–Kier alpha value is -4.24. The molecule has 3 aromatic rings. The highest BCUT2D eigenvalue weighted by atomic mass is 16.6. The van der Waals surface area contributed by atoms with E-state index in [1.54, 1.807) is 42.5 Å². The molecule has 0 N–H and O–H groups in total. The van der Waals surface area contributed by atoms with E-state index in [-0.39, 0.29) is 5.75 Å². The van der Waals surface area contributed by atoms with E-state index >= 15 is 0 Å². The summed E-state index contributed by atoms with van der Waals surface area (Å²) in [7, 11) is 4.50. The third kappa shape index (κ3) is 5.03. The van der Waals surface area contributed by atoms with Crippen LogP contribution in [0.1, 0.15) is 21.5 Å². The van der Waals surface area contributed by atoms with Gasteiger partial charge in [0.05, 0.1) is 38.5 Å². The Balaban J connectivity index is 1.86. The Bertz CT molecular complexity index is 1150. The summed E-state index contributed by atoms with van der Waals surface area (Å²) in [6.45, 7) is 0. The molecule has 3 rings (SSSR count). The van der Waals surface area contributed by atoms with E-state index in [0.717, 1.165) is 11.1 Å². The van der Waals surface area contributed by atoms with Gasteiger partial charge >= 0.3 is 5.97 Å². The van der Waals surface area contributed by atoms with Crippen molar-refractivity contribution in [2.75, 3.05) is 21.3 Å². The molecular formula is C25H21NO5. The average molecular weight is 415 g/mol. The topological polar surface area (TPSA) is 77.8 Å². The predicted octanol–water partition coefficient (Wildman–Crippen LogP) is 5.00. The van der Waals surface area contributed by atoms with Crippen LogP contribution in [0.5, 0.6) is 23.0 Å². The van der Waals surface area contributed by atoms with Crippen LogP contribution in [0.4, 0.5) is 0 Å². The molecule has 3 aromatic carbocycles. The van der Waals surface area contributed by atoms with E-state index in [1.807, 2.05) is 30.3 Å². The summed E-state index contributed by atoms with van der Waals surface area (Å²) in [4.78, 5) is 12.6. The molecule has 0 saturated carbocycles. The fraction of sp³-hybridized carbons (Fsp3) is 0.120. The summed E-state index contributed by atoms with van der Waals surface area (Å²) < 4.78 is 21.3. The van der Waals surface area contributed by atoms with Gasteiger partial charge in [-0.05, 0) is 47.5 Å². The molecule has 0 radical (unpaired) electrons. The van der Waals surface area contributed by atoms with Crippen molar-refractivity contribution >= 4 is 17.6 Å². The number of hydrogen-bond acceptors (Lipinski definition) is 6. The number of carbonyl (C=O) groups excluding carboxylic acids is 1. The van der Waals surface area contributed by atoms with Gasteiger partial charge in [-0.1, -0.05) is 36.4 Å². The molecule has 31 heavy (non-hydrogen) atoms. The van der Waals surface area contributed by atoms with Crippen LogP contribution >= 0.6 is 0 Å². The minimum absolute atomic E-state index is 0.262. The van der Waals surface area contributed by atoms with Crippen molar-refractivity contribution in [1.29, 1.82) is 5.26 Å². The highest BCUT2D eigenvalue weighted by Crippen LogP contribution is 2.32. The van der Waals surface area contributed by atoms with Gasteiger partial charge in [0.2, 0.25) is 0 Å². The molecule has 0 bridgehead atoms. The Morgan fingerprint density at radius 3 is 2.06 bits per heavy atom. The summed E-state index contributed by atoms with van der Waals surface area (Å²) in [5, 5.41) is 9.51. The smallest absolute Gasteiger partial charge is 0.343 e. The first-order chi connectivity index (χ1) is 15.1. The van der Waals surface area contributed by atoms with Crippen LogP contribution in [-0.2, 0) is 0 Å². The van der Waals surface area contributed by atoms with E-state index in [9.17, 15) is 10.1 Å². The average Bonchev–Trinajstić information content (AvgIpc) is 2.83. The fourth-order valence-corrected chi connectivity index (χ4v) is 2.94. The van der Waals surface area contributed by atoms with Gasteiger partial charge in [-0.2, -0.15) is 5.26 Å². The van der Waals surface area contributed by atoms with Gasteiger partial charge in [0.25, 0.3) is 0 Å². The number of nitrogens with zero attached hydrogens (tertiary/aromatic N) is 1. The van der Waals surface area contributed by atoms with Crippen LogP contribution in [0.25, 0.3) is 11.6 Å². The Kier molecular flexibility index (Phi) is 6.92. The van der Waals surface area contributed by atoms with E-state index in [4.69, 9.17) is 18.9 Å². The van der Waals surface area contributed by atoms with Crippen molar-refractivity contribution in [1.82, 2.24) is 0 Å². The SMILES string of the molecule is COc1ccc(C(=O)Oc2ccc(/C=C(/C#N)c3ccccc3)cc2OC)cc1OC. The summed E-state index contributed by atoms with van der Waals surface area (Å²) in [6.07, 6.45) is 1.75. The molecule has 6 heteroatoms. The minimum Gasteiger partial charge on any atom is -0.493 e. The zero-order chi connectivity index (χ0) is 22.2. The van der Waals surface area contributed by atoms with Gasteiger partial charge in [0.1, 0.15) is 0 Å². The lowest BCUT2D eigenvalue weighted by atomic mass is 10.0. The largest absolute Gasteiger partial charge is 0.493 e. The van der Waals surface area contributed by atoms with Gasteiger partial charge in [-0.15, -0.1) is 0 Å². The third-order valence-corrected chi connectivity index (χ3v) is 4.53. The molecule has 0 spiro atoms. The first-order valence-electron chi connectivity index (χ1n) is 9.39. The number of carbonyl (C=O) groups is 1. The lowest BCUT2D eigenvalue weighted by Gasteiger charge is -2.12. The Morgan fingerprint density at radius 2 is 1.42 bits per heavy atom. The number of hydrogen-bond donors (Lipinski definition) is 0. The molecule has 0 atom stereocenters. The Morgan fingerprint density at radius 1 is 0.774 bits per heavy atom. The normalized spacial score (nSPS) is 10.7. The second-order valence-electron chi connectivity index (χ2n) is 6.41. The second-order valence-corrected chi connectivity index (χ2v) is 6.41. The minimum atomic E-state index is -0.565. The Labute approximate surface area is 180 Å². The van der Waals surface area contributed by atoms with Crippen molar-refractivity contribution in [2.24, 2.45) is 0 Å². The lowest BCUT2D eigenvalue weighted by Crippen LogP contribution is -2.09. The van der Waals surface area contributed by atoms with Crippen LogP contribution in [0.15, 0.2) is 66.7 Å². The zero-order valence-electron chi connectivity index (χ0n) is 17.4. The van der Waals surface area contributed by atoms with Crippen LogP contribution in [-0.4, -0.2) is 27.3 Å². The van der Waals surface area contributed by atoms with Gasteiger partial charge in [0, 0.05) is 0 Å². The van der Waals surface area contributed by atoms with Crippen LogP contribution in [0.3, 0.4) is 0 Å². The van der Waals surface area contributed by atoms with Gasteiger partial charge < -0.3 is 18.9 Å². The molecule has 0 aliphatic rings. The predicted molar refractivity (Wildman–Crippen MR) is 117 cm³/mol. The maximum absolute atomic E-state index is 12.6. The van der Waals surface area contributed by atoms with Crippen LogP contribution in [0.2, 0.25) is 0 Å². The van der Waals surface area contributed by atoms with E-state index in [1.165, 1.54) is 21.3 Å². The monoisotopic (exact) mass is 415 g/mol. The number of methoxy groups -OCH3 is 3. The van der Waals surface area contributed by atoms with Crippen molar-refractivity contribution < 1.29 is 23.7 Å². The highest BCUT2D eigenvalue weighted by Gasteiger charge is 2.15. The quantitative estimate of drug-likeness (QED) is 0.234. The molecule has 156 valence electrons. The van der Waals surface area contributed by atoms with Crippen molar-refractivity contribution in [3.63, 3.8) is 0 Å². The molecule has 0 unspecified atom stereocenters. The summed E-state index contributed by atoms with van der Waals surface area (Å²) in [5.74, 6) is 1.00. The lowest BCUT2D eigenvalue weighted by molar-refractivity contribution is 0.0729. The summed E-state index contributed by atoms with van der Waals surface area (Å²) in [6, 6.07) is 21.4. The first kappa shape index (κ1) is 21.5. The van der Waals surface area contributed by atoms with Gasteiger partial charge in [0.15, 0.2) is 23.0 Å². The van der Waals surface area contributed by atoms with Crippen molar-refractivity contribution in [2.45, 2.75) is 0 Å². The zero-order valence-corrected chi connectivity index (χ0v) is 17.4. The maximum atomic E-state index is 12.6. The van der Waals surface area contributed by atoms with Crippen molar-refractivity contribution in [3.8, 4) is 29.1 Å². The van der Waals surface area contributed by atoms with E-state index in [0.29, 0.717) is 28.4 Å². The number of esters is 1. The number of nitriles is 1. The molecule has 0 aromatic heterocycles. The van der Waals surface area contributed by atoms with Gasteiger partial charge in [-0.25, -0.2) is 4.79 Å². The fourth-order valence-electron chi connectivity index (χ4n) is 2.94. The molecule has 0 fully saturated rings. The number of benzene rings is 3. The molecule has 0 aliphatic heterocycles. The number of allylic oxidation sites excluding steroid dienone is 1. The van der Waals surface area contributed by atoms with E-state index < -0.39 is 5.97 Å². The standard InChI is InChI=1S/C25H21NO5/c1-28-21-12-10-19(15-24(21)30-3)25(27)31-22-11-9-17(14-23(22)29-2)13-20(16-26)18-7-5-4-6-8-18/h4-15H,1-3H3/b20-13-. The van der Waals surface area contributed by atoms with Gasteiger partial charge in [-0.3, -0.25) is 0 Å². The second kappa shape index (κ2) is 9.99. The first-order valence-corrected chi connectivity index (χ1v) is 9.39.